The molecule has 1 aromatic carbocycles. The Kier molecular flexibility index (Phi) is 4.95. The van der Waals surface area contributed by atoms with Gasteiger partial charge in [-0.15, -0.1) is 0 Å². The van der Waals surface area contributed by atoms with Gasteiger partial charge in [0.15, 0.2) is 6.61 Å². The molecule has 2 N–H and O–H groups in total. The predicted octanol–water partition coefficient (Wildman–Crippen LogP) is 1.54. The van der Waals surface area contributed by atoms with Crippen LogP contribution < -0.4 is 5.32 Å². The molecule has 0 saturated carbocycles. The Hall–Kier alpha value is -2.25. The summed E-state index contributed by atoms with van der Waals surface area (Å²) in [6.07, 6.45) is -4.53. The van der Waals surface area contributed by atoms with E-state index in [-0.39, 0.29) is 11.3 Å². The van der Waals surface area contributed by atoms with Crippen LogP contribution in [0.1, 0.15) is 15.9 Å². The first-order valence-corrected chi connectivity index (χ1v) is 5.49. The zero-order valence-electron chi connectivity index (χ0n) is 10.5. The topological polar surface area (TPSA) is 75.6 Å². The Morgan fingerprint density at radius 3 is 2.55 bits per heavy atom. The van der Waals surface area contributed by atoms with E-state index in [2.05, 4.69) is 4.74 Å². The van der Waals surface area contributed by atoms with E-state index in [0.29, 0.717) is 5.56 Å². The fourth-order valence-corrected chi connectivity index (χ4v) is 1.27. The van der Waals surface area contributed by atoms with Crippen molar-refractivity contribution in [2.45, 2.75) is 13.1 Å². The van der Waals surface area contributed by atoms with Crippen molar-refractivity contribution in [3.8, 4) is 5.75 Å². The van der Waals surface area contributed by atoms with Gasteiger partial charge in [0.2, 0.25) is 0 Å². The highest BCUT2D eigenvalue weighted by Crippen LogP contribution is 2.19. The first-order chi connectivity index (χ1) is 9.19. The number of nitrogens with one attached hydrogen (secondary N) is 1. The maximum Gasteiger partial charge on any atom is 0.405 e. The van der Waals surface area contributed by atoms with Crippen LogP contribution in [0.25, 0.3) is 0 Å². The quantitative estimate of drug-likeness (QED) is 0.825. The zero-order valence-corrected chi connectivity index (χ0v) is 10.5. The van der Waals surface area contributed by atoms with Gasteiger partial charge >= 0.3 is 12.1 Å². The van der Waals surface area contributed by atoms with E-state index in [1.165, 1.54) is 12.1 Å². The summed E-state index contributed by atoms with van der Waals surface area (Å²) in [6, 6.07) is 4.15. The number of halogens is 3. The molecule has 0 bridgehead atoms. The molecular formula is C12H12F3NO4. The van der Waals surface area contributed by atoms with Gasteiger partial charge in [-0.3, -0.25) is 4.79 Å². The number of hydrogen-bond acceptors (Lipinski definition) is 4. The van der Waals surface area contributed by atoms with Crippen LogP contribution in [0.5, 0.6) is 5.75 Å². The second-order valence-corrected chi connectivity index (χ2v) is 3.99. The van der Waals surface area contributed by atoms with Crippen molar-refractivity contribution in [2.75, 3.05) is 13.2 Å². The summed E-state index contributed by atoms with van der Waals surface area (Å²) in [7, 11) is 0. The summed E-state index contributed by atoms with van der Waals surface area (Å²) in [5, 5.41) is 11.0. The van der Waals surface area contributed by atoms with Gasteiger partial charge in [0.1, 0.15) is 17.9 Å². The van der Waals surface area contributed by atoms with Gasteiger partial charge in [-0.1, -0.05) is 6.07 Å². The number of carbonyl (C=O) groups is 2. The molecule has 1 rings (SSSR count). The van der Waals surface area contributed by atoms with Crippen molar-refractivity contribution >= 4 is 11.9 Å². The molecule has 5 nitrogen and oxygen atoms in total. The predicted molar refractivity (Wildman–Crippen MR) is 62.2 cm³/mol. The monoisotopic (exact) mass is 291 g/mol. The summed E-state index contributed by atoms with van der Waals surface area (Å²) < 4.78 is 39.9. The third-order valence-electron chi connectivity index (χ3n) is 2.19. The number of phenols is 1. The Bertz CT molecular complexity index is 514. The molecule has 0 aliphatic carbocycles. The van der Waals surface area contributed by atoms with Crippen molar-refractivity contribution in [3.63, 3.8) is 0 Å². The molecule has 0 heterocycles. The van der Waals surface area contributed by atoms with Crippen LogP contribution >= 0.6 is 0 Å². The minimum Gasteiger partial charge on any atom is -0.507 e. The molecule has 0 radical (unpaired) electrons. The maximum absolute atomic E-state index is 11.8. The van der Waals surface area contributed by atoms with Crippen LogP contribution in [0.2, 0.25) is 0 Å². The van der Waals surface area contributed by atoms with E-state index in [1.54, 1.807) is 18.3 Å². The van der Waals surface area contributed by atoms with Crippen molar-refractivity contribution in [3.05, 3.63) is 29.3 Å². The Morgan fingerprint density at radius 2 is 2.00 bits per heavy atom. The molecule has 0 fully saturated rings. The second kappa shape index (κ2) is 6.27. The Balaban J connectivity index is 2.49. The van der Waals surface area contributed by atoms with Crippen LogP contribution in [0.3, 0.4) is 0 Å². The van der Waals surface area contributed by atoms with Gasteiger partial charge < -0.3 is 15.2 Å². The fraction of sp³-hybridized carbons (Fsp3) is 0.333. The number of carbonyl (C=O) groups excluding carboxylic acids is 2. The number of phenolic OH excluding ortho intramolecular Hbond substituents is 1. The van der Waals surface area contributed by atoms with E-state index in [9.17, 15) is 27.9 Å². The van der Waals surface area contributed by atoms with Crippen LogP contribution in [-0.2, 0) is 9.53 Å². The molecular weight excluding hydrogens is 279 g/mol. The molecule has 1 amide bonds. The molecule has 20 heavy (non-hydrogen) atoms. The van der Waals surface area contributed by atoms with Gasteiger partial charge in [0.25, 0.3) is 5.91 Å². The molecule has 1 aromatic rings. The van der Waals surface area contributed by atoms with Gasteiger partial charge in [-0.25, -0.2) is 4.79 Å². The standard InChI is InChI=1S/C12H12F3NO4/c1-7-2-3-8(9(17)4-7)11(19)20-5-10(18)16-6-12(13,14)15/h2-4,17H,5-6H2,1H3,(H,16,18). The molecule has 0 aliphatic heterocycles. The molecule has 0 aliphatic rings. The number of amides is 1. The van der Waals surface area contributed by atoms with E-state index in [4.69, 9.17) is 0 Å². The molecule has 0 spiro atoms. The number of hydrogen-bond donors (Lipinski definition) is 2. The van der Waals surface area contributed by atoms with Crippen LogP contribution in [0.15, 0.2) is 18.2 Å². The molecule has 0 unspecified atom stereocenters. The lowest BCUT2D eigenvalue weighted by Gasteiger charge is -2.09. The number of rotatable bonds is 4. The SMILES string of the molecule is Cc1ccc(C(=O)OCC(=O)NCC(F)(F)F)c(O)c1. The lowest BCUT2D eigenvalue weighted by atomic mass is 10.1. The minimum atomic E-state index is -4.53. The first-order valence-electron chi connectivity index (χ1n) is 5.49. The summed E-state index contributed by atoms with van der Waals surface area (Å²) in [6.45, 7) is -0.666. The van der Waals surface area contributed by atoms with Gasteiger partial charge in [-0.2, -0.15) is 13.2 Å². The zero-order chi connectivity index (χ0) is 15.3. The molecule has 0 aromatic heterocycles. The van der Waals surface area contributed by atoms with Crippen molar-refractivity contribution in [2.24, 2.45) is 0 Å². The summed E-state index contributed by atoms with van der Waals surface area (Å²) >= 11 is 0. The van der Waals surface area contributed by atoms with Crippen molar-refractivity contribution in [1.82, 2.24) is 5.32 Å². The number of ether oxygens (including phenoxy) is 1. The van der Waals surface area contributed by atoms with Crippen LogP contribution in [-0.4, -0.2) is 36.3 Å². The maximum atomic E-state index is 11.8. The van der Waals surface area contributed by atoms with E-state index in [1.807, 2.05) is 0 Å². The molecule has 8 heteroatoms. The number of alkyl halides is 3. The van der Waals surface area contributed by atoms with Crippen LogP contribution in [0.4, 0.5) is 13.2 Å². The van der Waals surface area contributed by atoms with Crippen LogP contribution in [0, 0.1) is 6.92 Å². The van der Waals surface area contributed by atoms with E-state index < -0.39 is 31.2 Å². The van der Waals surface area contributed by atoms with Crippen molar-refractivity contribution < 1.29 is 32.6 Å². The Labute approximate surface area is 112 Å². The number of aryl methyl sites for hydroxylation is 1. The summed E-state index contributed by atoms with van der Waals surface area (Å²) in [4.78, 5) is 22.5. The second-order valence-electron chi connectivity index (χ2n) is 3.99. The fourth-order valence-electron chi connectivity index (χ4n) is 1.27. The van der Waals surface area contributed by atoms with E-state index in [0.717, 1.165) is 0 Å². The highest BCUT2D eigenvalue weighted by Gasteiger charge is 2.27. The Morgan fingerprint density at radius 1 is 1.35 bits per heavy atom. The summed E-state index contributed by atoms with van der Waals surface area (Å²) in [5.74, 6) is -2.40. The van der Waals surface area contributed by atoms with Crippen molar-refractivity contribution in [1.29, 1.82) is 0 Å². The molecule has 0 saturated heterocycles. The number of aromatic hydroxyl groups is 1. The number of benzene rings is 1. The lowest BCUT2D eigenvalue weighted by Crippen LogP contribution is -2.36. The van der Waals surface area contributed by atoms with Gasteiger partial charge in [0, 0.05) is 0 Å². The van der Waals surface area contributed by atoms with Gasteiger partial charge in [-0.05, 0) is 24.6 Å². The third kappa shape index (κ3) is 5.17. The smallest absolute Gasteiger partial charge is 0.405 e. The highest BCUT2D eigenvalue weighted by molar-refractivity contribution is 5.93. The molecule has 110 valence electrons. The lowest BCUT2D eigenvalue weighted by molar-refractivity contribution is -0.140. The minimum absolute atomic E-state index is 0.167. The number of esters is 1. The summed E-state index contributed by atoms with van der Waals surface area (Å²) in [5.41, 5.74) is 0.543. The third-order valence-corrected chi connectivity index (χ3v) is 2.19. The average molecular weight is 291 g/mol. The average Bonchev–Trinajstić information content (AvgIpc) is 2.32. The normalized spacial score (nSPS) is 11.0. The first kappa shape index (κ1) is 15.8. The largest absolute Gasteiger partial charge is 0.507 e. The molecule has 0 atom stereocenters. The van der Waals surface area contributed by atoms with E-state index >= 15 is 0 Å². The highest BCUT2D eigenvalue weighted by atomic mass is 19.4. The van der Waals surface area contributed by atoms with Gasteiger partial charge in [0.05, 0.1) is 0 Å².